The van der Waals surface area contributed by atoms with E-state index >= 15 is 0 Å². The zero-order valence-corrected chi connectivity index (χ0v) is 25.3. The monoisotopic (exact) mass is 584 g/mol. The Bertz CT molecular complexity index is 1220. The third kappa shape index (κ3) is 7.96. The molecular weight excluding hydrogens is 538 g/mol. The maximum absolute atomic E-state index is 14.5. The van der Waals surface area contributed by atoms with Gasteiger partial charge >= 0.3 is 6.03 Å². The van der Waals surface area contributed by atoms with Crippen molar-refractivity contribution in [2.24, 2.45) is 45.1 Å². The number of piperidine rings is 1. The van der Waals surface area contributed by atoms with E-state index in [0.29, 0.717) is 61.8 Å². The summed E-state index contributed by atoms with van der Waals surface area (Å²) in [7, 11) is 0. The first-order valence-corrected chi connectivity index (χ1v) is 15.2. The lowest BCUT2D eigenvalue weighted by Crippen LogP contribution is -2.39. The Labute approximate surface area is 248 Å². The number of carbonyl (C=O) groups excluding carboxylic acids is 1. The van der Waals surface area contributed by atoms with Crippen LogP contribution in [0, 0.1) is 35.3 Å². The molecule has 3 aliphatic rings. The second-order valence-electron chi connectivity index (χ2n) is 12.3. The molecule has 0 aromatic heterocycles. The quantitative estimate of drug-likeness (QED) is 0.329. The minimum absolute atomic E-state index is 0.0552. The number of halogens is 2. The third-order valence-corrected chi connectivity index (χ3v) is 8.86. The van der Waals surface area contributed by atoms with E-state index in [1.54, 1.807) is 11.1 Å². The first-order chi connectivity index (χ1) is 20.0. The lowest BCUT2D eigenvalue weighted by Gasteiger charge is -2.34. The molecule has 0 radical (unpaired) electrons. The van der Waals surface area contributed by atoms with Gasteiger partial charge < -0.3 is 26.0 Å². The molecule has 0 spiro atoms. The molecule has 230 valence electrons. The number of nitrogens with zero attached hydrogens (tertiary/aromatic N) is 4. The van der Waals surface area contributed by atoms with E-state index in [9.17, 15) is 13.6 Å². The molecule has 3 heterocycles. The highest BCUT2D eigenvalue weighted by Gasteiger charge is 2.36. The second-order valence-corrected chi connectivity index (χ2v) is 12.3. The molecule has 4 unspecified atom stereocenters. The van der Waals surface area contributed by atoms with Crippen LogP contribution in [0.15, 0.2) is 52.3 Å². The molecule has 1 aromatic rings. The Morgan fingerprint density at radius 1 is 1.19 bits per heavy atom. The van der Waals surface area contributed by atoms with Gasteiger partial charge in [0.05, 0.1) is 12.8 Å². The van der Waals surface area contributed by atoms with Gasteiger partial charge in [-0.05, 0) is 55.2 Å². The number of allylic oxidation sites excluding steroid dienone is 2. The normalized spacial score (nSPS) is 24.8. The van der Waals surface area contributed by atoms with Crippen molar-refractivity contribution >= 4 is 17.7 Å². The number of likely N-dealkylation sites (tertiary alicyclic amines) is 2. The highest BCUT2D eigenvalue weighted by molar-refractivity contribution is 5.93. The van der Waals surface area contributed by atoms with Crippen molar-refractivity contribution in [3.63, 3.8) is 0 Å². The average molecular weight is 585 g/mol. The number of hydrogen-bond donors (Lipinski definition) is 2. The molecule has 4 N–H and O–H groups in total. The van der Waals surface area contributed by atoms with Gasteiger partial charge in [-0.15, -0.1) is 0 Å². The maximum atomic E-state index is 14.5. The van der Waals surface area contributed by atoms with Crippen LogP contribution < -0.4 is 11.5 Å². The van der Waals surface area contributed by atoms with Crippen LogP contribution >= 0.6 is 0 Å². The van der Waals surface area contributed by atoms with Gasteiger partial charge in [0.1, 0.15) is 29.1 Å². The predicted molar refractivity (Wildman–Crippen MR) is 163 cm³/mol. The molecule has 3 aliphatic heterocycles. The van der Waals surface area contributed by atoms with E-state index in [1.807, 2.05) is 19.9 Å². The van der Waals surface area contributed by atoms with E-state index in [2.05, 4.69) is 29.8 Å². The number of hydrogen-bond acceptors (Lipinski definition) is 5. The van der Waals surface area contributed by atoms with Gasteiger partial charge in [0.2, 0.25) is 0 Å². The number of benzene rings is 1. The molecule has 2 saturated heterocycles. The minimum Gasteiger partial charge on any atom is -0.492 e. The largest absolute Gasteiger partial charge is 0.492 e. The number of amides is 2. The van der Waals surface area contributed by atoms with Crippen molar-refractivity contribution < 1.29 is 18.3 Å². The summed E-state index contributed by atoms with van der Waals surface area (Å²) in [4.78, 5) is 25.2. The minimum atomic E-state index is -0.591. The number of carbonyl (C=O) groups is 1. The van der Waals surface area contributed by atoms with Gasteiger partial charge in [-0.1, -0.05) is 39.8 Å². The van der Waals surface area contributed by atoms with Crippen LogP contribution in [0.5, 0.6) is 0 Å². The summed E-state index contributed by atoms with van der Waals surface area (Å²) in [5.74, 6) is 1.79. The summed E-state index contributed by atoms with van der Waals surface area (Å²) in [5, 5.41) is 0. The summed E-state index contributed by atoms with van der Waals surface area (Å²) in [6, 6.07) is 3.19. The number of rotatable bonds is 7. The van der Waals surface area contributed by atoms with Crippen molar-refractivity contribution in [1.29, 1.82) is 0 Å². The average Bonchev–Trinajstić information content (AvgIpc) is 3.32. The molecule has 0 bridgehead atoms. The number of urea groups is 1. The van der Waals surface area contributed by atoms with E-state index in [0.717, 1.165) is 37.6 Å². The van der Waals surface area contributed by atoms with Gasteiger partial charge in [-0.25, -0.2) is 18.6 Å². The lowest BCUT2D eigenvalue weighted by molar-refractivity contribution is 0.138. The molecule has 42 heavy (non-hydrogen) atoms. The first kappa shape index (κ1) is 31.7. The molecular formula is C32H46F2N6O2. The van der Waals surface area contributed by atoms with E-state index in [1.165, 1.54) is 12.1 Å². The van der Waals surface area contributed by atoms with Crippen LogP contribution in [0.25, 0.3) is 0 Å². The molecule has 2 fully saturated rings. The number of nitrogens with two attached hydrogens (primary N) is 2. The van der Waals surface area contributed by atoms with Crippen molar-refractivity contribution in [2.75, 3.05) is 32.8 Å². The molecule has 0 saturated carbocycles. The van der Waals surface area contributed by atoms with E-state index in [-0.39, 0.29) is 29.8 Å². The van der Waals surface area contributed by atoms with Crippen LogP contribution in [0.4, 0.5) is 13.6 Å². The molecule has 8 nitrogen and oxygen atoms in total. The van der Waals surface area contributed by atoms with Gasteiger partial charge in [0, 0.05) is 56.0 Å². The van der Waals surface area contributed by atoms with E-state index < -0.39 is 11.6 Å². The number of aliphatic imine (C=N–C) groups is 2. The molecule has 0 aliphatic carbocycles. The highest BCUT2D eigenvalue weighted by Crippen LogP contribution is 2.31. The standard InChI is InChI=1S/C32H46F2N6O2/c1-20(2)30(36)38-32(41)39-13-10-23(11-14-39)21(3)12-15-42-25-7-5-6-22(4)31(37-17-25)40-18-27(29(35)19-40)26-9-8-24(33)16-28(26)34/h5,7-9,16-17,20-23,27,29H,6,10-15,18-19,35H2,1-4H3,(H2,36,38,41). The Morgan fingerprint density at radius 3 is 2.62 bits per heavy atom. The van der Waals surface area contributed by atoms with Crippen molar-refractivity contribution in [3.05, 3.63) is 59.5 Å². The molecule has 4 rings (SSSR count). The summed E-state index contributed by atoms with van der Waals surface area (Å²) in [6.07, 6.45) is 9.42. The fourth-order valence-electron chi connectivity index (χ4n) is 5.99. The lowest BCUT2D eigenvalue weighted by atomic mass is 9.84. The van der Waals surface area contributed by atoms with Crippen LogP contribution in [0.2, 0.25) is 0 Å². The van der Waals surface area contributed by atoms with Crippen LogP contribution in [0.1, 0.15) is 64.9 Å². The highest BCUT2D eigenvalue weighted by atomic mass is 19.1. The number of amidine groups is 2. The van der Waals surface area contributed by atoms with Crippen LogP contribution in [-0.2, 0) is 4.74 Å². The van der Waals surface area contributed by atoms with E-state index in [4.69, 9.17) is 21.2 Å². The van der Waals surface area contributed by atoms with Crippen LogP contribution in [0.3, 0.4) is 0 Å². The fraction of sp³-hybridized carbons (Fsp3) is 0.594. The van der Waals surface area contributed by atoms with Crippen molar-refractivity contribution in [1.82, 2.24) is 9.80 Å². The Balaban J connectivity index is 1.29. The second kappa shape index (κ2) is 14.3. The Morgan fingerprint density at radius 2 is 1.93 bits per heavy atom. The van der Waals surface area contributed by atoms with Gasteiger partial charge in [0.15, 0.2) is 0 Å². The van der Waals surface area contributed by atoms with Crippen LogP contribution in [-0.4, -0.2) is 66.3 Å². The Hall–Kier alpha value is -3.27. The van der Waals surface area contributed by atoms with Crippen molar-refractivity contribution in [3.8, 4) is 0 Å². The zero-order chi connectivity index (χ0) is 30.4. The van der Waals surface area contributed by atoms with Gasteiger partial charge in [-0.2, -0.15) is 4.99 Å². The summed E-state index contributed by atoms with van der Waals surface area (Å²) in [6.45, 7) is 11.3. The molecule has 2 amide bonds. The smallest absolute Gasteiger partial charge is 0.345 e. The maximum Gasteiger partial charge on any atom is 0.345 e. The first-order valence-electron chi connectivity index (χ1n) is 15.2. The predicted octanol–water partition coefficient (Wildman–Crippen LogP) is 5.42. The topological polar surface area (TPSA) is 110 Å². The number of ether oxygens (including phenoxy) is 1. The summed E-state index contributed by atoms with van der Waals surface area (Å²) < 4.78 is 34.1. The van der Waals surface area contributed by atoms with Crippen molar-refractivity contribution in [2.45, 2.75) is 65.3 Å². The zero-order valence-electron chi connectivity index (χ0n) is 25.3. The third-order valence-electron chi connectivity index (χ3n) is 8.86. The summed E-state index contributed by atoms with van der Waals surface area (Å²) in [5.41, 5.74) is 12.7. The Kier molecular flexibility index (Phi) is 10.8. The van der Waals surface area contributed by atoms with Gasteiger partial charge in [0.25, 0.3) is 0 Å². The fourth-order valence-corrected chi connectivity index (χ4v) is 5.99. The summed E-state index contributed by atoms with van der Waals surface area (Å²) >= 11 is 0. The molecule has 1 aromatic carbocycles. The molecule has 10 heteroatoms. The molecule has 4 atom stereocenters. The SMILES string of the molecule is CC(C)C(N)=NC(=O)N1CCC(C(C)CCOC2=CN=C(N3CC(N)C(c4ccc(F)cc4F)C3)C(C)CC=C2)CC1. The van der Waals surface area contributed by atoms with Gasteiger partial charge in [-0.3, -0.25) is 0 Å².